The summed E-state index contributed by atoms with van der Waals surface area (Å²) in [6.45, 7) is 3.43. The maximum atomic E-state index is 11.5. The number of amides is 1. The van der Waals surface area contributed by atoms with Crippen LogP contribution >= 0.6 is 11.3 Å². The van der Waals surface area contributed by atoms with Crippen LogP contribution in [0.15, 0.2) is 12.1 Å². The van der Waals surface area contributed by atoms with Crippen molar-refractivity contribution in [2.24, 2.45) is 5.92 Å². The van der Waals surface area contributed by atoms with Crippen molar-refractivity contribution in [2.45, 2.75) is 13.8 Å². The Morgan fingerprint density at radius 2 is 2.12 bits per heavy atom. The highest BCUT2D eigenvalue weighted by atomic mass is 32.1. The Labute approximate surface area is 102 Å². The lowest BCUT2D eigenvalue weighted by molar-refractivity contribution is -0.380. The summed E-state index contributed by atoms with van der Waals surface area (Å²) in [4.78, 5) is 32.9. The molecule has 0 atom stereocenters. The van der Waals surface area contributed by atoms with Gasteiger partial charge in [-0.2, -0.15) is 0 Å². The number of thiophene rings is 1. The molecule has 1 heterocycles. The van der Waals surface area contributed by atoms with E-state index < -0.39 is 10.8 Å². The number of hydrogen-bond acceptors (Lipinski definition) is 5. The molecular formula is C10H12N2O4S. The van der Waals surface area contributed by atoms with Crippen LogP contribution in [0.1, 0.15) is 23.5 Å². The van der Waals surface area contributed by atoms with Crippen molar-refractivity contribution in [3.05, 3.63) is 27.1 Å². The van der Waals surface area contributed by atoms with E-state index in [1.165, 1.54) is 12.1 Å². The number of carbonyl (C=O) groups excluding carboxylic acids is 2. The standard InChI is InChI=1S/C10H12N2O4S/c1-6(2)7(13)5-11-10(14)8-3-4-9(17-8)12(15)16/h3-4,6H,5H2,1-2H3,(H,11,14). The lowest BCUT2D eigenvalue weighted by Gasteiger charge is -2.04. The Morgan fingerprint density at radius 3 is 2.59 bits per heavy atom. The van der Waals surface area contributed by atoms with Crippen LogP contribution in [0.5, 0.6) is 0 Å². The number of nitrogens with one attached hydrogen (secondary N) is 1. The predicted octanol–water partition coefficient (Wildman–Crippen LogP) is 1.61. The Morgan fingerprint density at radius 1 is 1.47 bits per heavy atom. The number of rotatable bonds is 5. The monoisotopic (exact) mass is 256 g/mol. The molecule has 1 amide bonds. The molecule has 0 bridgehead atoms. The maximum Gasteiger partial charge on any atom is 0.324 e. The fourth-order valence-corrected chi connectivity index (χ4v) is 1.74. The van der Waals surface area contributed by atoms with Crippen LogP contribution in [0, 0.1) is 16.0 Å². The van der Waals surface area contributed by atoms with Gasteiger partial charge in [0.25, 0.3) is 5.91 Å². The maximum absolute atomic E-state index is 11.5. The van der Waals surface area contributed by atoms with Crippen molar-refractivity contribution in [1.82, 2.24) is 5.32 Å². The summed E-state index contributed by atoms with van der Waals surface area (Å²) < 4.78 is 0. The van der Waals surface area contributed by atoms with Gasteiger partial charge in [-0.3, -0.25) is 19.7 Å². The molecule has 0 saturated heterocycles. The highest BCUT2D eigenvalue weighted by Gasteiger charge is 2.16. The minimum Gasteiger partial charge on any atom is -0.344 e. The molecule has 7 heteroatoms. The number of Topliss-reactive ketones (excluding diaryl/α,β-unsaturated/α-hetero) is 1. The van der Waals surface area contributed by atoms with Crippen LogP contribution < -0.4 is 5.32 Å². The van der Waals surface area contributed by atoms with E-state index in [4.69, 9.17) is 0 Å². The Bertz CT molecular complexity index is 453. The third-order valence-electron chi connectivity index (χ3n) is 2.06. The number of ketones is 1. The van der Waals surface area contributed by atoms with Gasteiger partial charge in [0.2, 0.25) is 0 Å². The number of nitrogens with zero attached hydrogens (tertiary/aromatic N) is 1. The van der Waals surface area contributed by atoms with E-state index >= 15 is 0 Å². The first-order chi connectivity index (χ1) is 7.91. The quantitative estimate of drug-likeness (QED) is 0.640. The van der Waals surface area contributed by atoms with Gasteiger partial charge in [-0.05, 0) is 6.07 Å². The lowest BCUT2D eigenvalue weighted by Crippen LogP contribution is -2.31. The average Bonchev–Trinajstić information content (AvgIpc) is 2.74. The van der Waals surface area contributed by atoms with Crippen LogP contribution in [0.3, 0.4) is 0 Å². The van der Waals surface area contributed by atoms with Gasteiger partial charge in [-0.15, -0.1) is 0 Å². The molecular weight excluding hydrogens is 244 g/mol. The van der Waals surface area contributed by atoms with Gasteiger partial charge in [0.05, 0.1) is 16.3 Å². The van der Waals surface area contributed by atoms with Gasteiger partial charge in [0, 0.05) is 12.0 Å². The van der Waals surface area contributed by atoms with Crippen LogP contribution in [-0.4, -0.2) is 23.2 Å². The van der Waals surface area contributed by atoms with E-state index in [0.29, 0.717) is 0 Å². The molecule has 0 radical (unpaired) electrons. The zero-order valence-corrected chi connectivity index (χ0v) is 10.2. The summed E-state index contributed by atoms with van der Waals surface area (Å²) in [5, 5.41) is 12.8. The molecule has 0 aliphatic rings. The predicted molar refractivity (Wildman–Crippen MR) is 63.2 cm³/mol. The normalized spacial score (nSPS) is 10.3. The average molecular weight is 256 g/mol. The molecule has 0 unspecified atom stereocenters. The highest BCUT2D eigenvalue weighted by molar-refractivity contribution is 7.17. The van der Waals surface area contributed by atoms with Gasteiger partial charge >= 0.3 is 5.00 Å². The van der Waals surface area contributed by atoms with Gasteiger partial charge in [-0.1, -0.05) is 25.2 Å². The zero-order valence-electron chi connectivity index (χ0n) is 9.43. The molecule has 0 aliphatic heterocycles. The fraction of sp³-hybridized carbons (Fsp3) is 0.400. The Balaban J connectivity index is 2.58. The molecule has 92 valence electrons. The second-order valence-corrected chi connectivity index (χ2v) is 4.76. The third kappa shape index (κ3) is 3.63. The van der Waals surface area contributed by atoms with Crippen LogP contribution in [0.4, 0.5) is 5.00 Å². The van der Waals surface area contributed by atoms with E-state index in [1.54, 1.807) is 13.8 Å². The van der Waals surface area contributed by atoms with Crippen molar-refractivity contribution < 1.29 is 14.5 Å². The first-order valence-corrected chi connectivity index (χ1v) is 5.78. The van der Waals surface area contributed by atoms with Gasteiger partial charge in [0.1, 0.15) is 0 Å². The molecule has 1 aromatic rings. The lowest BCUT2D eigenvalue weighted by atomic mass is 10.1. The summed E-state index contributed by atoms with van der Waals surface area (Å²) in [6.07, 6.45) is 0. The van der Waals surface area contributed by atoms with Crippen molar-refractivity contribution in [1.29, 1.82) is 0 Å². The number of nitro groups is 1. The Kier molecular flexibility index (Phi) is 4.33. The molecule has 17 heavy (non-hydrogen) atoms. The molecule has 0 saturated carbocycles. The molecule has 1 aromatic heterocycles. The third-order valence-corrected chi connectivity index (χ3v) is 3.10. The second-order valence-electron chi connectivity index (χ2n) is 3.70. The minimum absolute atomic E-state index is 0.0534. The summed E-state index contributed by atoms with van der Waals surface area (Å²) in [6, 6.07) is 2.64. The summed E-state index contributed by atoms with van der Waals surface area (Å²) >= 11 is 0.787. The molecule has 0 aromatic carbocycles. The largest absolute Gasteiger partial charge is 0.344 e. The summed E-state index contributed by atoms with van der Waals surface area (Å²) in [7, 11) is 0. The number of hydrogen-bond donors (Lipinski definition) is 1. The zero-order chi connectivity index (χ0) is 13.0. The summed E-state index contributed by atoms with van der Waals surface area (Å²) in [5.74, 6) is -0.686. The molecule has 0 fully saturated rings. The van der Waals surface area contributed by atoms with E-state index in [1.807, 2.05) is 0 Å². The minimum atomic E-state index is -0.555. The Hall–Kier alpha value is -1.76. The first kappa shape index (κ1) is 13.3. The van der Waals surface area contributed by atoms with Crippen molar-refractivity contribution in [3.63, 3.8) is 0 Å². The van der Waals surface area contributed by atoms with Crippen LogP contribution in [0.25, 0.3) is 0 Å². The smallest absolute Gasteiger partial charge is 0.324 e. The fourth-order valence-electron chi connectivity index (χ4n) is 1.01. The van der Waals surface area contributed by atoms with Gasteiger partial charge < -0.3 is 5.32 Å². The van der Waals surface area contributed by atoms with Crippen molar-refractivity contribution in [2.75, 3.05) is 6.54 Å². The second kappa shape index (κ2) is 5.53. The molecule has 1 N–H and O–H groups in total. The van der Waals surface area contributed by atoms with E-state index in [0.717, 1.165) is 11.3 Å². The molecule has 0 spiro atoms. The van der Waals surface area contributed by atoms with E-state index in [2.05, 4.69) is 5.32 Å². The topological polar surface area (TPSA) is 89.3 Å². The van der Waals surface area contributed by atoms with Gasteiger partial charge in [-0.25, -0.2) is 0 Å². The molecule has 0 aliphatic carbocycles. The molecule has 1 rings (SSSR count). The number of carbonyl (C=O) groups is 2. The van der Waals surface area contributed by atoms with Gasteiger partial charge in [0.15, 0.2) is 5.78 Å². The molecule has 6 nitrogen and oxygen atoms in total. The van der Waals surface area contributed by atoms with Crippen LogP contribution in [-0.2, 0) is 4.79 Å². The van der Waals surface area contributed by atoms with Crippen molar-refractivity contribution >= 4 is 28.0 Å². The first-order valence-electron chi connectivity index (χ1n) is 4.97. The summed E-state index contributed by atoms with van der Waals surface area (Å²) in [5.41, 5.74) is 0. The highest BCUT2D eigenvalue weighted by Crippen LogP contribution is 2.23. The van der Waals surface area contributed by atoms with E-state index in [9.17, 15) is 19.7 Å². The van der Waals surface area contributed by atoms with Crippen LogP contribution in [0.2, 0.25) is 0 Å². The SMILES string of the molecule is CC(C)C(=O)CNC(=O)c1ccc([N+](=O)[O-])s1. The van der Waals surface area contributed by atoms with Crippen molar-refractivity contribution in [3.8, 4) is 0 Å². The van der Waals surface area contributed by atoms with E-state index in [-0.39, 0.29) is 28.1 Å².